The molecule has 1 aromatic heterocycles. The standard InChI is InChI=1S/C12H20ClN5O2/c1-4-18(5-2)12-16-10(13)15-11(17-12)14-8-7-9(19)20-6-3/h4-8H2,1-3H3,(H,14,15,16,17). The minimum absolute atomic E-state index is 0.125. The van der Waals surface area contributed by atoms with Crippen LogP contribution in [-0.4, -0.2) is 47.2 Å². The van der Waals surface area contributed by atoms with Gasteiger partial charge in [-0.15, -0.1) is 0 Å². The van der Waals surface area contributed by atoms with Crippen LogP contribution in [0, 0.1) is 0 Å². The van der Waals surface area contributed by atoms with Crippen LogP contribution in [-0.2, 0) is 9.53 Å². The predicted molar refractivity (Wildman–Crippen MR) is 78.1 cm³/mol. The first-order chi connectivity index (χ1) is 9.60. The maximum Gasteiger partial charge on any atom is 0.307 e. The number of hydrogen-bond donors (Lipinski definition) is 1. The molecule has 0 aliphatic rings. The molecule has 7 nitrogen and oxygen atoms in total. The second-order valence-electron chi connectivity index (χ2n) is 3.88. The summed E-state index contributed by atoms with van der Waals surface area (Å²) in [4.78, 5) is 25.5. The fourth-order valence-corrected chi connectivity index (χ4v) is 1.73. The molecule has 0 aliphatic heterocycles. The third kappa shape index (κ3) is 5.16. The van der Waals surface area contributed by atoms with Gasteiger partial charge < -0.3 is 15.0 Å². The third-order valence-electron chi connectivity index (χ3n) is 2.56. The van der Waals surface area contributed by atoms with Gasteiger partial charge in [0.15, 0.2) is 0 Å². The molecule has 0 amide bonds. The highest BCUT2D eigenvalue weighted by molar-refractivity contribution is 6.28. The fourth-order valence-electron chi connectivity index (χ4n) is 1.58. The van der Waals surface area contributed by atoms with Crippen LogP contribution in [0.1, 0.15) is 27.2 Å². The SMILES string of the molecule is CCOC(=O)CCNc1nc(Cl)nc(N(CC)CC)n1. The van der Waals surface area contributed by atoms with Crippen molar-refractivity contribution in [2.24, 2.45) is 0 Å². The van der Waals surface area contributed by atoms with Crippen molar-refractivity contribution in [3.8, 4) is 0 Å². The topological polar surface area (TPSA) is 80.2 Å². The number of nitrogens with one attached hydrogen (secondary N) is 1. The molecule has 0 spiro atoms. The Kier molecular flexibility index (Phi) is 7.00. The maximum absolute atomic E-state index is 11.2. The Morgan fingerprint density at radius 1 is 1.25 bits per heavy atom. The smallest absolute Gasteiger partial charge is 0.307 e. The highest BCUT2D eigenvalue weighted by Gasteiger charge is 2.10. The van der Waals surface area contributed by atoms with E-state index in [0.717, 1.165) is 13.1 Å². The van der Waals surface area contributed by atoms with Crippen molar-refractivity contribution < 1.29 is 9.53 Å². The molecule has 1 heterocycles. The molecule has 0 saturated carbocycles. The Morgan fingerprint density at radius 2 is 1.95 bits per heavy atom. The van der Waals surface area contributed by atoms with E-state index in [2.05, 4.69) is 20.3 Å². The second kappa shape index (κ2) is 8.52. The molecule has 1 rings (SSSR count). The molecule has 8 heteroatoms. The van der Waals surface area contributed by atoms with Crippen LogP contribution in [0.2, 0.25) is 5.28 Å². The van der Waals surface area contributed by atoms with Crippen molar-refractivity contribution in [2.45, 2.75) is 27.2 Å². The van der Waals surface area contributed by atoms with Crippen LogP contribution < -0.4 is 10.2 Å². The Balaban J connectivity index is 2.64. The lowest BCUT2D eigenvalue weighted by Crippen LogP contribution is -2.25. The Morgan fingerprint density at radius 3 is 2.55 bits per heavy atom. The summed E-state index contributed by atoms with van der Waals surface area (Å²) in [5.74, 6) is 0.619. The summed E-state index contributed by atoms with van der Waals surface area (Å²) in [6, 6.07) is 0. The molecule has 112 valence electrons. The number of ether oxygens (including phenoxy) is 1. The van der Waals surface area contributed by atoms with Crippen molar-refractivity contribution in [3.05, 3.63) is 5.28 Å². The van der Waals surface area contributed by atoms with E-state index >= 15 is 0 Å². The van der Waals surface area contributed by atoms with E-state index < -0.39 is 0 Å². The molecule has 0 radical (unpaired) electrons. The second-order valence-corrected chi connectivity index (χ2v) is 4.22. The minimum atomic E-state index is -0.260. The summed E-state index contributed by atoms with van der Waals surface area (Å²) in [5, 5.41) is 3.07. The minimum Gasteiger partial charge on any atom is -0.466 e. The highest BCUT2D eigenvalue weighted by atomic mass is 35.5. The summed E-state index contributed by atoms with van der Waals surface area (Å²) in [7, 11) is 0. The van der Waals surface area contributed by atoms with Gasteiger partial charge in [-0.05, 0) is 32.4 Å². The van der Waals surface area contributed by atoms with Gasteiger partial charge in [0.05, 0.1) is 13.0 Å². The largest absolute Gasteiger partial charge is 0.466 e. The van der Waals surface area contributed by atoms with Crippen LogP contribution in [0.5, 0.6) is 0 Å². The van der Waals surface area contributed by atoms with Gasteiger partial charge in [-0.3, -0.25) is 4.79 Å². The lowest BCUT2D eigenvalue weighted by Gasteiger charge is -2.18. The predicted octanol–water partition coefficient (Wildman–Crippen LogP) is 1.74. The molecular weight excluding hydrogens is 282 g/mol. The van der Waals surface area contributed by atoms with E-state index in [1.807, 2.05) is 18.7 Å². The van der Waals surface area contributed by atoms with Crippen molar-refractivity contribution in [3.63, 3.8) is 0 Å². The average molecular weight is 302 g/mol. The molecule has 1 N–H and O–H groups in total. The zero-order valence-corrected chi connectivity index (χ0v) is 12.8. The van der Waals surface area contributed by atoms with Gasteiger partial charge in [-0.25, -0.2) is 0 Å². The van der Waals surface area contributed by atoms with Crippen LogP contribution >= 0.6 is 11.6 Å². The summed E-state index contributed by atoms with van der Waals surface area (Å²) < 4.78 is 4.83. The average Bonchev–Trinajstić information content (AvgIpc) is 2.40. The van der Waals surface area contributed by atoms with E-state index in [0.29, 0.717) is 25.0 Å². The lowest BCUT2D eigenvalue weighted by atomic mass is 10.4. The fraction of sp³-hybridized carbons (Fsp3) is 0.667. The van der Waals surface area contributed by atoms with Gasteiger partial charge in [0.1, 0.15) is 0 Å². The molecule has 0 atom stereocenters. The van der Waals surface area contributed by atoms with Crippen LogP contribution in [0.25, 0.3) is 0 Å². The van der Waals surface area contributed by atoms with Crippen molar-refractivity contribution in [1.82, 2.24) is 15.0 Å². The van der Waals surface area contributed by atoms with Gasteiger partial charge in [0.2, 0.25) is 17.2 Å². The first-order valence-electron chi connectivity index (χ1n) is 6.66. The zero-order valence-electron chi connectivity index (χ0n) is 12.0. The number of hydrogen-bond acceptors (Lipinski definition) is 7. The summed E-state index contributed by atoms with van der Waals surface area (Å²) >= 11 is 5.88. The Bertz CT molecular complexity index is 440. The molecule has 20 heavy (non-hydrogen) atoms. The molecule has 0 saturated heterocycles. The van der Waals surface area contributed by atoms with E-state index in [1.165, 1.54) is 0 Å². The molecule has 0 aromatic carbocycles. The number of rotatable bonds is 8. The quantitative estimate of drug-likeness (QED) is 0.732. The number of aromatic nitrogens is 3. The zero-order chi connectivity index (χ0) is 15.0. The molecule has 1 aromatic rings. The molecule has 0 fully saturated rings. The Hall–Kier alpha value is -1.63. The van der Waals surface area contributed by atoms with Crippen molar-refractivity contribution in [1.29, 1.82) is 0 Å². The highest BCUT2D eigenvalue weighted by Crippen LogP contribution is 2.13. The van der Waals surface area contributed by atoms with E-state index in [1.54, 1.807) is 6.92 Å². The van der Waals surface area contributed by atoms with Crippen LogP contribution in [0.4, 0.5) is 11.9 Å². The molecule has 0 aliphatic carbocycles. The van der Waals surface area contributed by atoms with Crippen LogP contribution in [0.3, 0.4) is 0 Å². The number of carbonyl (C=O) groups excluding carboxylic acids is 1. The van der Waals surface area contributed by atoms with Gasteiger partial charge in [-0.1, -0.05) is 0 Å². The van der Waals surface area contributed by atoms with Gasteiger partial charge in [0, 0.05) is 19.6 Å². The molecule has 0 unspecified atom stereocenters. The summed E-state index contributed by atoms with van der Waals surface area (Å²) in [5.41, 5.74) is 0. The van der Waals surface area contributed by atoms with E-state index in [-0.39, 0.29) is 17.7 Å². The van der Waals surface area contributed by atoms with Crippen molar-refractivity contribution >= 4 is 29.5 Å². The third-order valence-corrected chi connectivity index (χ3v) is 2.73. The van der Waals surface area contributed by atoms with Gasteiger partial charge >= 0.3 is 5.97 Å². The Labute approximate surface area is 123 Å². The van der Waals surface area contributed by atoms with Crippen molar-refractivity contribution in [2.75, 3.05) is 36.5 Å². The normalized spacial score (nSPS) is 10.2. The molecular formula is C12H20ClN5O2. The lowest BCUT2D eigenvalue weighted by molar-refractivity contribution is -0.142. The number of nitrogens with zero attached hydrogens (tertiary/aromatic N) is 4. The first-order valence-corrected chi connectivity index (χ1v) is 7.04. The number of halogens is 1. The first kappa shape index (κ1) is 16.4. The monoisotopic (exact) mass is 301 g/mol. The summed E-state index contributed by atoms with van der Waals surface area (Å²) in [6.45, 7) is 8.11. The van der Waals surface area contributed by atoms with Crippen LogP contribution in [0.15, 0.2) is 0 Å². The van der Waals surface area contributed by atoms with E-state index in [9.17, 15) is 4.79 Å². The van der Waals surface area contributed by atoms with Gasteiger partial charge in [-0.2, -0.15) is 15.0 Å². The van der Waals surface area contributed by atoms with Gasteiger partial charge in [0.25, 0.3) is 0 Å². The number of carbonyl (C=O) groups is 1. The van der Waals surface area contributed by atoms with E-state index in [4.69, 9.17) is 16.3 Å². The summed E-state index contributed by atoms with van der Waals surface area (Å²) in [6.07, 6.45) is 0.248. The maximum atomic E-state index is 11.2. The number of anilines is 2. The molecule has 0 bridgehead atoms. The number of esters is 1.